The lowest BCUT2D eigenvalue weighted by atomic mass is 10.0. The number of carbonyl (C=O) groups is 1. The Hall–Kier alpha value is -4.54. The predicted molar refractivity (Wildman–Crippen MR) is 129 cm³/mol. The van der Waals surface area contributed by atoms with Crippen molar-refractivity contribution in [1.29, 1.82) is 0 Å². The Balaban J connectivity index is 1.44. The van der Waals surface area contributed by atoms with Crippen molar-refractivity contribution in [2.24, 2.45) is 0 Å². The van der Waals surface area contributed by atoms with Gasteiger partial charge in [-0.2, -0.15) is 23.4 Å². The number of hydrogen-bond donors (Lipinski definition) is 1. The Labute approximate surface area is 208 Å². The Morgan fingerprint density at radius 3 is 2.54 bits per heavy atom. The zero-order valence-corrected chi connectivity index (χ0v) is 19.7. The number of nitrogens with one attached hydrogen (secondary N) is 1. The Morgan fingerprint density at radius 2 is 1.81 bits per heavy atom. The zero-order chi connectivity index (χ0) is 26.3. The summed E-state index contributed by atoms with van der Waals surface area (Å²) in [7, 11) is 0. The average Bonchev–Trinajstić information content (AvgIpc) is 3.47. The SMILES string of the molecule is Cc1ccc(-c2cc(C(F)(F)F)n3nc(C(=O)Nc4cnn(Cc5ccccc5F)c4)cc3n2)cc1C. The molecular weight excluding hydrogens is 488 g/mol. The number of rotatable bonds is 5. The summed E-state index contributed by atoms with van der Waals surface area (Å²) in [5, 5.41) is 10.5. The lowest BCUT2D eigenvalue weighted by Gasteiger charge is -2.11. The van der Waals surface area contributed by atoms with E-state index in [1.807, 2.05) is 19.9 Å². The van der Waals surface area contributed by atoms with Gasteiger partial charge in [-0.3, -0.25) is 9.48 Å². The molecule has 0 atom stereocenters. The summed E-state index contributed by atoms with van der Waals surface area (Å²) in [4.78, 5) is 17.1. The van der Waals surface area contributed by atoms with Gasteiger partial charge < -0.3 is 5.32 Å². The molecule has 5 aromatic rings. The molecule has 0 unspecified atom stereocenters. The molecule has 0 fully saturated rings. The minimum Gasteiger partial charge on any atom is -0.318 e. The van der Waals surface area contributed by atoms with E-state index in [1.54, 1.807) is 30.3 Å². The number of alkyl halides is 3. The summed E-state index contributed by atoms with van der Waals surface area (Å²) in [6, 6.07) is 13.6. The third-order valence-electron chi connectivity index (χ3n) is 5.93. The second-order valence-corrected chi connectivity index (χ2v) is 8.60. The Bertz CT molecular complexity index is 1640. The van der Waals surface area contributed by atoms with E-state index in [9.17, 15) is 22.4 Å². The lowest BCUT2D eigenvalue weighted by molar-refractivity contribution is -0.142. The van der Waals surface area contributed by atoms with Crippen LogP contribution in [0.25, 0.3) is 16.9 Å². The van der Waals surface area contributed by atoms with Crippen molar-refractivity contribution in [1.82, 2.24) is 24.4 Å². The number of benzene rings is 2. The van der Waals surface area contributed by atoms with Crippen molar-refractivity contribution in [2.45, 2.75) is 26.6 Å². The number of amides is 1. The summed E-state index contributed by atoms with van der Waals surface area (Å²) in [6.45, 7) is 3.90. The van der Waals surface area contributed by atoms with E-state index >= 15 is 0 Å². The van der Waals surface area contributed by atoms with Gasteiger partial charge in [0, 0.05) is 23.4 Å². The van der Waals surface area contributed by atoms with Crippen LogP contribution in [0.1, 0.15) is 32.9 Å². The van der Waals surface area contributed by atoms with E-state index in [0.717, 1.165) is 17.2 Å². The van der Waals surface area contributed by atoms with Crippen LogP contribution in [0, 0.1) is 19.7 Å². The van der Waals surface area contributed by atoms with Gasteiger partial charge in [-0.1, -0.05) is 30.3 Å². The van der Waals surface area contributed by atoms with Crippen molar-refractivity contribution in [3.05, 3.63) is 101 Å². The zero-order valence-electron chi connectivity index (χ0n) is 19.7. The second-order valence-electron chi connectivity index (χ2n) is 8.60. The molecule has 37 heavy (non-hydrogen) atoms. The minimum atomic E-state index is -4.73. The van der Waals surface area contributed by atoms with Crippen LogP contribution in [0.5, 0.6) is 0 Å². The van der Waals surface area contributed by atoms with Gasteiger partial charge in [0.25, 0.3) is 5.91 Å². The molecule has 5 rings (SSSR count). The van der Waals surface area contributed by atoms with Crippen LogP contribution in [-0.4, -0.2) is 30.3 Å². The molecule has 188 valence electrons. The van der Waals surface area contributed by atoms with Gasteiger partial charge in [0.15, 0.2) is 17.0 Å². The predicted octanol–water partition coefficient (Wildman–Crippen LogP) is 5.67. The largest absolute Gasteiger partial charge is 0.433 e. The van der Waals surface area contributed by atoms with Gasteiger partial charge in [0.2, 0.25) is 0 Å². The standard InChI is InChI=1S/C26H20F4N6O/c1-15-7-8-17(9-16(15)2)21-10-23(26(28,29)30)36-24(33-21)11-22(34-36)25(37)32-19-12-31-35(14-19)13-18-5-3-4-6-20(18)27/h3-12,14H,13H2,1-2H3,(H,32,37). The molecule has 1 amide bonds. The molecule has 0 aliphatic heterocycles. The summed E-state index contributed by atoms with van der Waals surface area (Å²) < 4.78 is 57.6. The third-order valence-corrected chi connectivity index (χ3v) is 5.93. The normalized spacial score (nSPS) is 11.7. The molecule has 1 N–H and O–H groups in total. The molecule has 0 bridgehead atoms. The number of aromatic nitrogens is 5. The first-order chi connectivity index (χ1) is 17.6. The van der Waals surface area contributed by atoms with Crippen LogP contribution in [0.15, 0.2) is 67.0 Å². The minimum absolute atomic E-state index is 0.115. The van der Waals surface area contributed by atoms with Crippen molar-refractivity contribution >= 4 is 17.2 Å². The van der Waals surface area contributed by atoms with Gasteiger partial charge in [0.05, 0.1) is 24.1 Å². The summed E-state index contributed by atoms with van der Waals surface area (Å²) in [5.41, 5.74) is 1.81. The van der Waals surface area contributed by atoms with Crippen LogP contribution in [0.2, 0.25) is 0 Å². The van der Waals surface area contributed by atoms with Crippen molar-refractivity contribution in [2.75, 3.05) is 5.32 Å². The van der Waals surface area contributed by atoms with Crippen LogP contribution in [0.3, 0.4) is 0 Å². The molecular formula is C26H20F4N6O. The topological polar surface area (TPSA) is 77.1 Å². The van der Waals surface area contributed by atoms with Crippen molar-refractivity contribution in [3.8, 4) is 11.3 Å². The first-order valence-corrected chi connectivity index (χ1v) is 11.2. The molecule has 0 spiro atoms. The van der Waals surface area contributed by atoms with E-state index in [2.05, 4.69) is 20.5 Å². The molecule has 11 heteroatoms. The summed E-state index contributed by atoms with van der Waals surface area (Å²) >= 11 is 0. The van der Waals surface area contributed by atoms with Gasteiger partial charge in [-0.15, -0.1) is 0 Å². The second kappa shape index (κ2) is 9.16. The fourth-order valence-electron chi connectivity index (χ4n) is 3.85. The monoisotopic (exact) mass is 508 g/mol. The van der Waals surface area contributed by atoms with Gasteiger partial charge in [-0.05, 0) is 43.2 Å². The molecule has 7 nitrogen and oxygen atoms in total. The van der Waals surface area contributed by atoms with Crippen molar-refractivity contribution < 1.29 is 22.4 Å². The van der Waals surface area contributed by atoms with E-state index < -0.39 is 17.8 Å². The number of nitrogens with zero attached hydrogens (tertiary/aromatic N) is 5. The van der Waals surface area contributed by atoms with E-state index in [-0.39, 0.29) is 35.1 Å². The summed E-state index contributed by atoms with van der Waals surface area (Å²) in [6.07, 6.45) is -1.90. The van der Waals surface area contributed by atoms with Gasteiger partial charge in [0.1, 0.15) is 5.82 Å². The van der Waals surface area contributed by atoms with Crippen LogP contribution in [-0.2, 0) is 12.7 Å². The number of halogens is 4. The van der Waals surface area contributed by atoms with Crippen LogP contribution >= 0.6 is 0 Å². The number of hydrogen-bond acceptors (Lipinski definition) is 4. The molecule has 2 aromatic carbocycles. The summed E-state index contributed by atoms with van der Waals surface area (Å²) in [5.74, 6) is -1.13. The molecule has 3 heterocycles. The fraction of sp³-hybridized carbons (Fsp3) is 0.154. The molecule has 0 aliphatic rings. The molecule has 0 saturated carbocycles. The molecule has 3 aromatic heterocycles. The Kier molecular flexibility index (Phi) is 5.98. The van der Waals surface area contributed by atoms with Crippen LogP contribution in [0.4, 0.5) is 23.2 Å². The number of fused-ring (bicyclic) bond motifs is 1. The van der Waals surface area contributed by atoms with Gasteiger partial charge in [-0.25, -0.2) is 13.9 Å². The number of aryl methyl sites for hydroxylation is 2. The highest BCUT2D eigenvalue weighted by atomic mass is 19.4. The average molecular weight is 508 g/mol. The van der Waals surface area contributed by atoms with Gasteiger partial charge >= 0.3 is 6.18 Å². The first-order valence-electron chi connectivity index (χ1n) is 11.2. The maximum absolute atomic E-state index is 13.9. The van der Waals surface area contributed by atoms with Crippen molar-refractivity contribution in [3.63, 3.8) is 0 Å². The maximum Gasteiger partial charge on any atom is 0.433 e. The van der Waals surface area contributed by atoms with E-state index in [1.165, 1.54) is 29.2 Å². The number of carbonyl (C=O) groups excluding carboxylic acids is 1. The van der Waals surface area contributed by atoms with E-state index in [4.69, 9.17) is 0 Å². The molecule has 0 radical (unpaired) electrons. The Morgan fingerprint density at radius 1 is 1.03 bits per heavy atom. The smallest absolute Gasteiger partial charge is 0.318 e. The maximum atomic E-state index is 13.9. The van der Waals surface area contributed by atoms with E-state index in [0.29, 0.717) is 15.6 Å². The highest BCUT2D eigenvalue weighted by Gasteiger charge is 2.35. The van der Waals surface area contributed by atoms with Crippen LogP contribution < -0.4 is 5.32 Å². The third kappa shape index (κ3) is 4.92. The fourth-order valence-corrected chi connectivity index (χ4v) is 3.85. The first kappa shape index (κ1) is 24.2. The number of anilines is 1. The highest BCUT2D eigenvalue weighted by Crippen LogP contribution is 2.33. The highest BCUT2D eigenvalue weighted by molar-refractivity contribution is 6.03. The quantitative estimate of drug-likeness (QED) is 0.311. The lowest BCUT2D eigenvalue weighted by Crippen LogP contribution is -2.15. The molecule has 0 saturated heterocycles. The molecule has 0 aliphatic carbocycles.